The number of hydrogen-bond acceptors (Lipinski definition) is 2. The molecule has 2 heteroatoms. The fraction of sp³-hybridized carbons (Fsp3) is 0.545. The Bertz CT molecular complexity index is 309. The van der Waals surface area contributed by atoms with Crippen LogP contribution in [-0.2, 0) is 17.8 Å². The molecule has 70 valence electrons. The highest BCUT2D eigenvalue weighted by Crippen LogP contribution is 2.33. The number of methoxy groups -OCH3 is 1. The van der Waals surface area contributed by atoms with Gasteiger partial charge in [0.1, 0.15) is 0 Å². The second kappa shape index (κ2) is 3.46. The minimum absolute atomic E-state index is 0.680. The number of aromatic nitrogens is 1. The van der Waals surface area contributed by atoms with Gasteiger partial charge in [0, 0.05) is 19.5 Å². The molecule has 0 fully saturated rings. The summed E-state index contributed by atoms with van der Waals surface area (Å²) in [5.41, 5.74) is 4.17. The zero-order valence-electron chi connectivity index (χ0n) is 8.21. The average Bonchev–Trinajstić information content (AvgIpc) is 2.50. The molecule has 0 bridgehead atoms. The van der Waals surface area contributed by atoms with Gasteiger partial charge in [-0.25, -0.2) is 0 Å². The van der Waals surface area contributed by atoms with E-state index < -0.39 is 0 Å². The van der Waals surface area contributed by atoms with Crippen molar-refractivity contribution in [3.05, 3.63) is 29.1 Å². The molecule has 0 aliphatic heterocycles. The molecule has 0 saturated heterocycles. The van der Waals surface area contributed by atoms with E-state index in [0.717, 1.165) is 0 Å². The molecular weight excluding hydrogens is 162 g/mol. The number of hydrogen-bond donors (Lipinski definition) is 0. The third-order valence-electron chi connectivity index (χ3n) is 2.84. The van der Waals surface area contributed by atoms with Crippen LogP contribution in [0.15, 0.2) is 12.4 Å². The first-order chi connectivity index (χ1) is 6.33. The number of nitrogens with zero attached hydrogens (tertiary/aromatic N) is 1. The van der Waals surface area contributed by atoms with Gasteiger partial charge in [-0.2, -0.15) is 0 Å². The van der Waals surface area contributed by atoms with E-state index >= 15 is 0 Å². The Hall–Kier alpha value is -0.890. The maximum atomic E-state index is 5.15. The molecule has 2 rings (SSSR count). The number of pyridine rings is 1. The summed E-state index contributed by atoms with van der Waals surface area (Å²) in [5.74, 6) is 0.680. The molecule has 0 unspecified atom stereocenters. The molecule has 1 aliphatic rings. The van der Waals surface area contributed by atoms with E-state index in [1.807, 2.05) is 12.4 Å². The lowest BCUT2D eigenvalue weighted by molar-refractivity contribution is 0.184. The van der Waals surface area contributed by atoms with Crippen molar-refractivity contribution in [2.45, 2.75) is 32.3 Å². The van der Waals surface area contributed by atoms with E-state index in [1.54, 1.807) is 7.11 Å². The van der Waals surface area contributed by atoms with Crippen LogP contribution in [0.1, 0.15) is 36.0 Å². The largest absolute Gasteiger partial charge is 0.380 e. The Morgan fingerprint density at radius 3 is 3.15 bits per heavy atom. The van der Waals surface area contributed by atoms with Gasteiger partial charge in [0.25, 0.3) is 0 Å². The molecule has 1 aromatic heterocycles. The molecule has 2 nitrogen and oxygen atoms in total. The molecule has 0 N–H and O–H groups in total. The molecule has 0 aromatic carbocycles. The Morgan fingerprint density at radius 2 is 2.38 bits per heavy atom. The summed E-state index contributed by atoms with van der Waals surface area (Å²) in [6.07, 6.45) is 6.39. The highest BCUT2D eigenvalue weighted by molar-refractivity contribution is 5.37. The first-order valence-electron chi connectivity index (χ1n) is 4.77. The molecule has 13 heavy (non-hydrogen) atoms. The Labute approximate surface area is 78.9 Å². The summed E-state index contributed by atoms with van der Waals surface area (Å²) in [6, 6.07) is 0. The molecular formula is C11H15NO. The van der Waals surface area contributed by atoms with E-state index in [1.165, 1.54) is 29.5 Å². The van der Waals surface area contributed by atoms with Crippen LogP contribution in [-0.4, -0.2) is 12.1 Å². The average molecular weight is 177 g/mol. The van der Waals surface area contributed by atoms with Gasteiger partial charge >= 0.3 is 0 Å². The van der Waals surface area contributed by atoms with Crippen molar-refractivity contribution >= 4 is 0 Å². The number of fused-ring (bicyclic) bond motifs is 1. The quantitative estimate of drug-likeness (QED) is 0.691. The van der Waals surface area contributed by atoms with Gasteiger partial charge in [-0.05, 0) is 35.4 Å². The van der Waals surface area contributed by atoms with E-state index in [-0.39, 0.29) is 0 Å². The summed E-state index contributed by atoms with van der Waals surface area (Å²) < 4.78 is 5.15. The van der Waals surface area contributed by atoms with E-state index in [0.29, 0.717) is 12.5 Å². The molecule has 1 heterocycles. The predicted molar refractivity (Wildman–Crippen MR) is 51.7 cm³/mol. The normalized spacial score (nSPS) is 20.3. The second-order valence-electron chi connectivity index (χ2n) is 3.74. The Morgan fingerprint density at radius 1 is 1.54 bits per heavy atom. The maximum absolute atomic E-state index is 5.15. The second-order valence-corrected chi connectivity index (χ2v) is 3.74. The maximum Gasteiger partial charge on any atom is 0.0730 e. The van der Waals surface area contributed by atoms with Crippen LogP contribution >= 0.6 is 0 Å². The third kappa shape index (κ3) is 1.46. The first-order valence-corrected chi connectivity index (χ1v) is 4.77. The van der Waals surface area contributed by atoms with Crippen molar-refractivity contribution in [1.82, 2.24) is 4.98 Å². The summed E-state index contributed by atoms with van der Waals surface area (Å²) in [7, 11) is 1.73. The van der Waals surface area contributed by atoms with E-state index in [9.17, 15) is 0 Å². The fourth-order valence-electron chi connectivity index (χ4n) is 2.07. The standard InChI is InChI=1S/C11H15NO/c1-8-3-4-10-9(7-13-2)5-12-6-11(8)10/h5-6,8H,3-4,7H2,1-2H3/t8-/m0/s1. The van der Waals surface area contributed by atoms with Gasteiger partial charge in [0.2, 0.25) is 0 Å². The Kier molecular flexibility index (Phi) is 2.32. The number of rotatable bonds is 2. The van der Waals surface area contributed by atoms with E-state index in [4.69, 9.17) is 4.74 Å². The minimum atomic E-state index is 0.680. The lowest BCUT2D eigenvalue weighted by Crippen LogP contribution is -1.97. The molecule has 1 aromatic rings. The van der Waals surface area contributed by atoms with Crippen LogP contribution in [0.25, 0.3) is 0 Å². The zero-order valence-corrected chi connectivity index (χ0v) is 8.21. The van der Waals surface area contributed by atoms with Crippen molar-refractivity contribution < 1.29 is 4.74 Å². The fourth-order valence-corrected chi connectivity index (χ4v) is 2.07. The van der Waals surface area contributed by atoms with Gasteiger partial charge in [0.05, 0.1) is 6.61 Å². The van der Waals surface area contributed by atoms with Gasteiger partial charge < -0.3 is 4.74 Å². The molecule has 1 aliphatic carbocycles. The molecule has 0 saturated carbocycles. The van der Waals surface area contributed by atoms with Crippen LogP contribution < -0.4 is 0 Å². The van der Waals surface area contributed by atoms with Crippen LogP contribution in [0.4, 0.5) is 0 Å². The van der Waals surface area contributed by atoms with Crippen molar-refractivity contribution in [3.8, 4) is 0 Å². The van der Waals surface area contributed by atoms with Crippen molar-refractivity contribution in [1.29, 1.82) is 0 Å². The summed E-state index contributed by atoms with van der Waals surface area (Å²) in [4.78, 5) is 4.25. The van der Waals surface area contributed by atoms with Gasteiger partial charge in [-0.15, -0.1) is 0 Å². The van der Waals surface area contributed by atoms with Crippen molar-refractivity contribution in [3.63, 3.8) is 0 Å². The van der Waals surface area contributed by atoms with Crippen LogP contribution in [0.2, 0.25) is 0 Å². The lowest BCUT2D eigenvalue weighted by Gasteiger charge is -2.07. The van der Waals surface area contributed by atoms with Gasteiger partial charge in [-0.3, -0.25) is 4.98 Å². The van der Waals surface area contributed by atoms with Crippen LogP contribution in [0.5, 0.6) is 0 Å². The van der Waals surface area contributed by atoms with Crippen LogP contribution in [0, 0.1) is 0 Å². The minimum Gasteiger partial charge on any atom is -0.380 e. The summed E-state index contributed by atoms with van der Waals surface area (Å²) in [5, 5.41) is 0. The summed E-state index contributed by atoms with van der Waals surface area (Å²) >= 11 is 0. The third-order valence-corrected chi connectivity index (χ3v) is 2.84. The van der Waals surface area contributed by atoms with Crippen molar-refractivity contribution in [2.24, 2.45) is 0 Å². The summed E-state index contributed by atoms with van der Waals surface area (Å²) in [6.45, 7) is 2.97. The lowest BCUT2D eigenvalue weighted by atomic mass is 10.0. The highest BCUT2D eigenvalue weighted by Gasteiger charge is 2.20. The SMILES string of the molecule is COCc1cncc2c1CC[C@@H]2C. The zero-order chi connectivity index (χ0) is 9.26. The molecule has 0 radical (unpaired) electrons. The Balaban J connectivity index is 2.38. The van der Waals surface area contributed by atoms with Gasteiger partial charge in [0.15, 0.2) is 0 Å². The van der Waals surface area contributed by atoms with Crippen LogP contribution in [0.3, 0.4) is 0 Å². The molecule has 1 atom stereocenters. The smallest absolute Gasteiger partial charge is 0.0730 e. The van der Waals surface area contributed by atoms with E-state index in [2.05, 4.69) is 11.9 Å². The molecule has 0 amide bonds. The topological polar surface area (TPSA) is 22.1 Å². The van der Waals surface area contributed by atoms with Gasteiger partial charge in [-0.1, -0.05) is 6.92 Å². The van der Waals surface area contributed by atoms with Crippen molar-refractivity contribution in [2.75, 3.05) is 7.11 Å². The predicted octanol–water partition coefficient (Wildman–Crippen LogP) is 2.28. The highest BCUT2D eigenvalue weighted by atomic mass is 16.5. The molecule has 0 spiro atoms. The number of ether oxygens (including phenoxy) is 1. The monoisotopic (exact) mass is 177 g/mol. The first kappa shape index (κ1) is 8.70.